The number of ether oxygens (including phenoxy) is 2. The maximum Gasteiger partial charge on any atom is 0.251 e. The van der Waals surface area contributed by atoms with Gasteiger partial charge in [0.05, 0.1) is 13.7 Å². The Morgan fingerprint density at radius 3 is 2.40 bits per heavy atom. The van der Waals surface area contributed by atoms with Crippen LogP contribution in [0, 0.1) is 0 Å². The van der Waals surface area contributed by atoms with E-state index in [9.17, 15) is 4.79 Å². The van der Waals surface area contributed by atoms with Crippen molar-refractivity contribution in [2.75, 3.05) is 40.9 Å². The van der Waals surface area contributed by atoms with Crippen LogP contribution in [0.3, 0.4) is 0 Å². The molecule has 2 rings (SSSR count). The number of carbonyl (C=O) groups excluding carboxylic acids is 1. The smallest absolute Gasteiger partial charge is 0.251 e. The number of carbonyl (C=O) groups is 1. The number of nitrogens with one attached hydrogen (secondary N) is 3. The third-order valence-electron chi connectivity index (χ3n) is 4.29. The standard InChI is InChI=1S/C22H30N4O3.HI/c1-23-21(27)18-7-4-6-17(16-18)12-14-26-22(24-2)25-13-5-15-29-20-10-8-19(28-3)9-11-20;/h4,6-11,16H,5,12-15H2,1-3H3,(H,23,27)(H2,24,25,26);1H. The van der Waals surface area contributed by atoms with Crippen molar-refractivity contribution in [2.45, 2.75) is 12.8 Å². The number of guanidine groups is 1. The van der Waals surface area contributed by atoms with E-state index in [1.165, 1.54) is 0 Å². The second kappa shape index (κ2) is 14.5. The number of aliphatic imine (C=N–C) groups is 1. The first-order valence-electron chi connectivity index (χ1n) is 9.68. The quantitative estimate of drug-likeness (QED) is 0.192. The van der Waals surface area contributed by atoms with Gasteiger partial charge in [-0.3, -0.25) is 9.79 Å². The van der Waals surface area contributed by atoms with E-state index in [0.717, 1.165) is 49.0 Å². The predicted molar refractivity (Wildman–Crippen MR) is 131 cm³/mol. The minimum Gasteiger partial charge on any atom is -0.497 e. The van der Waals surface area contributed by atoms with Crippen LogP contribution in [0.5, 0.6) is 11.5 Å². The minimum atomic E-state index is -0.0749. The first-order valence-corrected chi connectivity index (χ1v) is 9.68. The van der Waals surface area contributed by atoms with Crippen LogP contribution in [0.4, 0.5) is 0 Å². The van der Waals surface area contributed by atoms with Crippen molar-refractivity contribution >= 4 is 35.8 Å². The summed E-state index contributed by atoms with van der Waals surface area (Å²) in [4.78, 5) is 15.9. The molecular weight excluding hydrogens is 495 g/mol. The molecule has 3 N–H and O–H groups in total. The van der Waals surface area contributed by atoms with Crippen LogP contribution in [-0.2, 0) is 6.42 Å². The van der Waals surface area contributed by atoms with Gasteiger partial charge < -0.3 is 25.4 Å². The third-order valence-corrected chi connectivity index (χ3v) is 4.29. The number of methoxy groups -OCH3 is 1. The maximum absolute atomic E-state index is 11.7. The van der Waals surface area contributed by atoms with E-state index in [1.54, 1.807) is 21.2 Å². The normalized spacial score (nSPS) is 10.6. The molecule has 0 aliphatic heterocycles. The van der Waals surface area contributed by atoms with Crippen LogP contribution in [0.15, 0.2) is 53.5 Å². The molecule has 0 atom stereocenters. The first-order chi connectivity index (χ1) is 14.2. The number of rotatable bonds is 10. The highest BCUT2D eigenvalue weighted by atomic mass is 127. The van der Waals surface area contributed by atoms with E-state index in [2.05, 4.69) is 20.9 Å². The highest BCUT2D eigenvalue weighted by molar-refractivity contribution is 14.0. The Morgan fingerprint density at radius 1 is 1.03 bits per heavy atom. The summed E-state index contributed by atoms with van der Waals surface area (Å²) < 4.78 is 10.8. The van der Waals surface area contributed by atoms with Gasteiger partial charge in [0.1, 0.15) is 11.5 Å². The molecule has 30 heavy (non-hydrogen) atoms. The molecular formula is C22H31IN4O3. The van der Waals surface area contributed by atoms with Crippen molar-refractivity contribution in [3.8, 4) is 11.5 Å². The van der Waals surface area contributed by atoms with Crippen molar-refractivity contribution in [3.05, 3.63) is 59.7 Å². The van der Waals surface area contributed by atoms with E-state index >= 15 is 0 Å². The van der Waals surface area contributed by atoms with Crippen LogP contribution in [0.1, 0.15) is 22.3 Å². The molecule has 0 spiro atoms. The predicted octanol–water partition coefficient (Wildman–Crippen LogP) is 2.85. The molecule has 7 nitrogen and oxygen atoms in total. The van der Waals surface area contributed by atoms with Crippen molar-refractivity contribution in [2.24, 2.45) is 4.99 Å². The van der Waals surface area contributed by atoms with Crippen LogP contribution in [-0.4, -0.2) is 52.8 Å². The molecule has 0 unspecified atom stereocenters. The number of hydrogen-bond donors (Lipinski definition) is 3. The highest BCUT2D eigenvalue weighted by Gasteiger charge is 2.04. The second-order valence-electron chi connectivity index (χ2n) is 6.33. The Bertz CT molecular complexity index is 797. The SMILES string of the molecule is CN=C(NCCCOc1ccc(OC)cc1)NCCc1cccc(C(=O)NC)c1.I. The minimum absolute atomic E-state index is 0. The maximum atomic E-state index is 11.7. The van der Waals surface area contributed by atoms with Gasteiger partial charge in [-0.25, -0.2) is 0 Å². The molecule has 0 bridgehead atoms. The van der Waals surface area contributed by atoms with E-state index < -0.39 is 0 Å². The average molecular weight is 526 g/mol. The molecule has 0 aliphatic rings. The second-order valence-corrected chi connectivity index (χ2v) is 6.33. The molecule has 0 radical (unpaired) electrons. The Balaban J connectivity index is 0.00000450. The Kier molecular flexibility index (Phi) is 12.3. The lowest BCUT2D eigenvalue weighted by Crippen LogP contribution is -2.39. The van der Waals surface area contributed by atoms with Gasteiger partial charge in [-0.1, -0.05) is 12.1 Å². The van der Waals surface area contributed by atoms with Gasteiger partial charge >= 0.3 is 0 Å². The van der Waals surface area contributed by atoms with Gasteiger partial charge in [-0.15, -0.1) is 24.0 Å². The molecule has 0 aliphatic carbocycles. The van der Waals surface area contributed by atoms with E-state index in [1.807, 2.05) is 48.5 Å². The zero-order valence-corrected chi connectivity index (χ0v) is 20.1. The molecule has 1 amide bonds. The van der Waals surface area contributed by atoms with Crippen molar-refractivity contribution < 1.29 is 14.3 Å². The lowest BCUT2D eigenvalue weighted by atomic mass is 10.1. The summed E-state index contributed by atoms with van der Waals surface area (Å²) in [6.45, 7) is 2.09. The first kappa shape index (κ1) is 25.5. The van der Waals surface area contributed by atoms with Gasteiger partial charge in [0.25, 0.3) is 5.91 Å². The number of benzene rings is 2. The monoisotopic (exact) mass is 526 g/mol. The highest BCUT2D eigenvalue weighted by Crippen LogP contribution is 2.16. The largest absolute Gasteiger partial charge is 0.497 e. The van der Waals surface area contributed by atoms with Gasteiger partial charge in [0.2, 0.25) is 0 Å². The molecule has 164 valence electrons. The summed E-state index contributed by atoms with van der Waals surface area (Å²) in [6.07, 6.45) is 1.65. The summed E-state index contributed by atoms with van der Waals surface area (Å²) >= 11 is 0. The fraction of sp³-hybridized carbons (Fsp3) is 0.364. The Hall–Kier alpha value is -2.49. The van der Waals surface area contributed by atoms with Crippen molar-refractivity contribution in [3.63, 3.8) is 0 Å². The topological polar surface area (TPSA) is 84.0 Å². The molecule has 0 fully saturated rings. The molecule has 0 heterocycles. The Labute approximate surface area is 195 Å². The van der Waals surface area contributed by atoms with Crippen LogP contribution < -0.4 is 25.4 Å². The van der Waals surface area contributed by atoms with Crippen LogP contribution >= 0.6 is 24.0 Å². The van der Waals surface area contributed by atoms with Crippen LogP contribution in [0.25, 0.3) is 0 Å². The number of amides is 1. The number of hydrogen-bond acceptors (Lipinski definition) is 4. The van der Waals surface area contributed by atoms with Gasteiger partial charge in [0, 0.05) is 32.7 Å². The summed E-state index contributed by atoms with van der Waals surface area (Å²) in [5.74, 6) is 2.31. The zero-order chi connectivity index (χ0) is 20.9. The summed E-state index contributed by atoms with van der Waals surface area (Å²) in [6, 6.07) is 15.2. The summed E-state index contributed by atoms with van der Waals surface area (Å²) in [7, 11) is 5.02. The molecule has 0 aromatic heterocycles. The fourth-order valence-electron chi connectivity index (χ4n) is 2.70. The van der Waals surface area contributed by atoms with Crippen molar-refractivity contribution in [1.82, 2.24) is 16.0 Å². The number of halogens is 1. The van der Waals surface area contributed by atoms with E-state index in [4.69, 9.17) is 9.47 Å². The molecule has 2 aromatic carbocycles. The van der Waals surface area contributed by atoms with Crippen LogP contribution in [0.2, 0.25) is 0 Å². The Morgan fingerprint density at radius 2 is 1.73 bits per heavy atom. The number of nitrogens with zero attached hydrogens (tertiary/aromatic N) is 1. The van der Waals surface area contributed by atoms with E-state index in [-0.39, 0.29) is 29.9 Å². The average Bonchev–Trinajstić information content (AvgIpc) is 2.77. The third kappa shape index (κ3) is 8.89. The molecule has 8 heteroatoms. The zero-order valence-electron chi connectivity index (χ0n) is 17.7. The molecule has 0 saturated carbocycles. The van der Waals surface area contributed by atoms with Crippen molar-refractivity contribution in [1.29, 1.82) is 0 Å². The van der Waals surface area contributed by atoms with E-state index in [0.29, 0.717) is 12.2 Å². The molecule has 0 saturated heterocycles. The summed E-state index contributed by atoms with van der Waals surface area (Å²) in [5, 5.41) is 9.20. The fourth-order valence-corrected chi connectivity index (χ4v) is 2.70. The summed E-state index contributed by atoms with van der Waals surface area (Å²) in [5.41, 5.74) is 1.77. The lowest BCUT2D eigenvalue weighted by molar-refractivity contribution is 0.0963. The van der Waals surface area contributed by atoms with Gasteiger partial charge in [-0.2, -0.15) is 0 Å². The molecule has 2 aromatic rings. The van der Waals surface area contributed by atoms with Gasteiger partial charge in [-0.05, 0) is 54.8 Å². The van der Waals surface area contributed by atoms with Gasteiger partial charge in [0.15, 0.2) is 5.96 Å². The lowest BCUT2D eigenvalue weighted by Gasteiger charge is -2.12.